The molecule has 2 rings (SSSR count). The molecule has 1 aromatic rings. The standard InChI is InChI=1S/C13H18ClNS/c1-3-5-9(2)15-11-6-4-7-12-10(11)8-13(14)16-12/h3,8-9,11,15H,1,4-7H2,2H3. The summed E-state index contributed by atoms with van der Waals surface area (Å²) in [5, 5.41) is 3.67. The average molecular weight is 256 g/mol. The summed E-state index contributed by atoms with van der Waals surface area (Å²) in [7, 11) is 0. The molecular weight excluding hydrogens is 238 g/mol. The third-order valence-electron chi connectivity index (χ3n) is 3.09. The van der Waals surface area contributed by atoms with Crippen LogP contribution in [-0.2, 0) is 6.42 Å². The molecule has 1 nitrogen and oxygen atoms in total. The zero-order valence-corrected chi connectivity index (χ0v) is 11.2. The van der Waals surface area contributed by atoms with Gasteiger partial charge in [-0.1, -0.05) is 17.7 Å². The van der Waals surface area contributed by atoms with Crippen LogP contribution in [0.25, 0.3) is 0 Å². The Morgan fingerprint density at radius 3 is 3.31 bits per heavy atom. The molecule has 88 valence electrons. The fourth-order valence-corrected chi connectivity index (χ4v) is 3.74. The van der Waals surface area contributed by atoms with Crippen LogP contribution in [0.2, 0.25) is 4.34 Å². The van der Waals surface area contributed by atoms with Gasteiger partial charge in [-0.15, -0.1) is 17.9 Å². The highest BCUT2D eigenvalue weighted by molar-refractivity contribution is 7.16. The van der Waals surface area contributed by atoms with E-state index in [0.29, 0.717) is 12.1 Å². The van der Waals surface area contributed by atoms with Crippen molar-refractivity contribution in [2.75, 3.05) is 0 Å². The van der Waals surface area contributed by atoms with Gasteiger partial charge in [-0.25, -0.2) is 0 Å². The second-order valence-corrected chi connectivity index (χ2v) is 6.23. The van der Waals surface area contributed by atoms with E-state index in [9.17, 15) is 0 Å². The highest BCUT2D eigenvalue weighted by Gasteiger charge is 2.23. The Morgan fingerprint density at radius 2 is 2.56 bits per heavy atom. The van der Waals surface area contributed by atoms with Gasteiger partial charge in [-0.2, -0.15) is 0 Å². The van der Waals surface area contributed by atoms with Gasteiger partial charge in [0.05, 0.1) is 4.34 Å². The number of fused-ring (bicyclic) bond motifs is 1. The van der Waals surface area contributed by atoms with Crippen molar-refractivity contribution in [1.82, 2.24) is 5.32 Å². The van der Waals surface area contributed by atoms with Crippen molar-refractivity contribution in [1.29, 1.82) is 0 Å². The van der Waals surface area contributed by atoms with E-state index in [0.717, 1.165) is 10.8 Å². The molecule has 1 aromatic heterocycles. The smallest absolute Gasteiger partial charge is 0.0934 e. The maximum Gasteiger partial charge on any atom is 0.0934 e. The lowest BCUT2D eigenvalue weighted by atomic mass is 9.93. The van der Waals surface area contributed by atoms with Crippen LogP contribution in [0.15, 0.2) is 18.7 Å². The Labute approximate surface area is 107 Å². The van der Waals surface area contributed by atoms with Crippen LogP contribution in [0.5, 0.6) is 0 Å². The van der Waals surface area contributed by atoms with Crippen molar-refractivity contribution in [2.45, 2.75) is 44.7 Å². The summed E-state index contributed by atoms with van der Waals surface area (Å²) in [6.07, 6.45) is 6.68. The monoisotopic (exact) mass is 255 g/mol. The van der Waals surface area contributed by atoms with Gasteiger partial charge in [-0.05, 0) is 44.2 Å². The summed E-state index contributed by atoms with van der Waals surface area (Å²) in [5.41, 5.74) is 1.43. The summed E-state index contributed by atoms with van der Waals surface area (Å²) in [5.74, 6) is 0. The minimum Gasteiger partial charge on any atom is -0.307 e. The van der Waals surface area contributed by atoms with Crippen molar-refractivity contribution in [2.24, 2.45) is 0 Å². The molecule has 0 radical (unpaired) electrons. The zero-order valence-electron chi connectivity index (χ0n) is 9.63. The van der Waals surface area contributed by atoms with E-state index < -0.39 is 0 Å². The van der Waals surface area contributed by atoms with Crippen molar-refractivity contribution < 1.29 is 0 Å². The van der Waals surface area contributed by atoms with Gasteiger partial charge >= 0.3 is 0 Å². The SMILES string of the molecule is C=CCC(C)NC1CCCc2sc(Cl)cc21. The van der Waals surface area contributed by atoms with Crippen molar-refractivity contribution in [3.63, 3.8) is 0 Å². The predicted octanol–water partition coefficient (Wildman–Crippen LogP) is 4.33. The topological polar surface area (TPSA) is 12.0 Å². The van der Waals surface area contributed by atoms with Gasteiger partial charge < -0.3 is 5.32 Å². The molecule has 0 bridgehead atoms. The highest BCUT2D eigenvalue weighted by atomic mass is 35.5. The van der Waals surface area contributed by atoms with Gasteiger partial charge in [0.1, 0.15) is 0 Å². The molecule has 0 aromatic carbocycles. The number of hydrogen-bond donors (Lipinski definition) is 1. The molecule has 3 heteroatoms. The summed E-state index contributed by atoms with van der Waals surface area (Å²) >= 11 is 7.83. The van der Waals surface area contributed by atoms with Crippen LogP contribution in [-0.4, -0.2) is 6.04 Å². The van der Waals surface area contributed by atoms with Gasteiger partial charge in [0, 0.05) is 17.0 Å². The lowest BCUT2D eigenvalue weighted by molar-refractivity contribution is 0.413. The van der Waals surface area contributed by atoms with Gasteiger partial charge in [0.25, 0.3) is 0 Å². The summed E-state index contributed by atoms with van der Waals surface area (Å²) in [6, 6.07) is 3.12. The molecule has 0 spiro atoms. The fourth-order valence-electron chi connectivity index (χ4n) is 2.36. The molecular formula is C13H18ClNS. The van der Waals surface area contributed by atoms with Crippen LogP contribution in [0.1, 0.15) is 42.7 Å². The van der Waals surface area contributed by atoms with Crippen LogP contribution < -0.4 is 5.32 Å². The number of rotatable bonds is 4. The Balaban J connectivity index is 2.09. The molecule has 1 heterocycles. The van der Waals surface area contributed by atoms with Crippen LogP contribution in [0, 0.1) is 0 Å². The summed E-state index contributed by atoms with van der Waals surface area (Å²) in [6.45, 7) is 6.00. The molecule has 2 unspecified atom stereocenters. The number of thiophene rings is 1. The number of aryl methyl sites for hydroxylation is 1. The van der Waals surface area contributed by atoms with Crippen molar-refractivity contribution in [3.8, 4) is 0 Å². The molecule has 0 aliphatic heterocycles. The van der Waals surface area contributed by atoms with Crippen LogP contribution in [0.4, 0.5) is 0 Å². The number of hydrogen-bond acceptors (Lipinski definition) is 2. The molecule has 1 aliphatic carbocycles. The van der Waals surface area contributed by atoms with E-state index in [-0.39, 0.29) is 0 Å². The molecule has 0 fully saturated rings. The minimum atomic E-state index is 0.488. The van der Waals surface area contributed by atoms with Gasteiger partial charge in [-0.3, -0.25) is 0 Å². The van der Waals surface area contributed by atoms with E-state index in [1.165, 1.54) is 29.7 Å². The Morgan fingerprint density at radius 1 is 1.75 bits per heavy atom. The molecule has 0 amide bonds. The van der Waals surface area contributed by atoms with E-state index >= 15 is 0 Å². The van der Waals surface area contributed by atoms with Gasteiger partial charge in [0.2, 0.25) is 0 Å². The first-order chi connectivity index (χ1) is 7.70. The highest BCUT2D eigenvalue weighted by Crippen LogP contribution is 2.38. The Hall–Kier alpha value is -0.310. The fraction of sp³-hybridized carbons (Fsp3) is 0.538. The normalized spacial score (nSPS) is 21.5. The lowest BCUT2D eigenvalue weighted by Gasteiger charge is -2.26. The third kappa shape index (κ3) is 2.68. The molecule has 0 saturated carbocycles. The predicted molar refractivity (Wildman–Crippen MR) is 72.4 cm³/mol. The maximum absolute atomic E-state index is 6.09. The maximum atomic E-state index is 6.09. The van der Waals surface area contributed by atoms with Gasteiger partial charge in [0.15, 0.2) is 0 Å². The van der Waals surface area contributed by atoms with Crippen LogP contribution >= 0.6 is 22.9 Å². The molecule has 16 heavy (non-hydrogen) atoms. The number of nitrogens with one attached hydrogen (secondary N) is 1. The second-order valence-electron chi connectivity index (χ2n) is 4.47. The Kier molecular flexibility index (Phi) is 4.06. The largest absolute Gasteiger partial charge is 0.307 e. The Bertz CT molecular complexity index is 372. The lowest BCUT2D eigenvalue weighted by Crippen LogP contribution is -2.31. The van der Waals surface area contributed by atoms with E-state index in [1.54, 1.807) is 11.3 Å². The van der Waals surface area contributed by atoms with Crippen molar-refractivity contribution >= 4 is 22.9 Å². The molecule has 2 atom stereocenters. The first kappa shape index (κ1) is 12.2. The number of halogens is 1. The third-order valence-corrected chi connectivity index (χ3v) is 4.43. The van der Waals surface area contributed by atoms with Crippen LogP contribution in [0.3, 0.4) is 0 Å². The molecule has 0 saturated heterocycles. The molecule has 1 N–H and O–H groups in total. The summed E-state index contributed by atoms with van der Waals surface area (Å²) in [4.78, 5) is 1.47. The van der Waals surface area contributed by atoms with E-state index in [2.05, 4.69) is 24.9 Å². The van der Waals surface area contributed by atoms with E-state index in [4.69, 9.17) is 11.6 Å². The zero-order chi connectivity index (χ0) is 11.5. The molecule has 1 aliphatic rings. The van der Waals surface area contributed by atoms with Crippen molar-refractivity contribution in [3.05, 3.63) is 33.5 Å². The average Bonchev–Trinajstić information content (AvgIpc) is 2.60. The van der Waals surface area contributed by atoms with E-state index in [1.807, 2.05) is 6.08 Å². The first-order valence-electron chi connectivity index (χ1n) is 5.85. The first-order valence-corrected chi connectivity index (χ1v) is 7.05. The quantitative estimate of drug-likeness (QED) is 0.790. The second kappa shape index (κ2) is 5.35. The minimum absolute atomic E-state index is 0.488. The summed E-state index contributed by atoms with van der Waals surface area (Å²) < 4.78 is 0.926.